The van der Waals surface area contributed by atoms with Gasteiger partial charge in [0.25, 0.3) is 0 Å². The zero-order valence-electron chi connectivity index (χ0n) is 15.6. The highest BCUT2D eigenvalue weighted by molar-refractivity contribution is 5.50. The fourth-order valence-electron chi connectivity index (χ4n) is 2.82. The van der Waals surface area contributed by atoms with Gasteiger partial charge in [0.1, 0.15) is 11.9 Å². The van der Waals surface area contributed by atoms with Crippen LogP contribution in [0.2, 0.25) is 0 Å². The second-order valence-electron chi connectivity index (χ2n) is 6.55. The number of nitrogens with zero attached hydrogens (tertiary/aromatic N) is 2. The van der Waals surface area contributed by atoms with Gasteiger partial charge in [-0.05, 0) is 46.8 Å². The number of aryl methyl sites for hydroxylation is 1. The fraction of sp³-hybridized carbons (Fsp3) is 0.526. The maximum absolute atomic E-state index is 10.5. The van der Waals surface area contributed by atoms with Gasteiger partial charge in [0.15, 0.2) is 0 Å². The lowest BCUT2D eigenvalue weighted by Gasteiger charge is -2.27. The minimum Gasteiger partial charge on any atom is -0.491 e. The van der Waals surface area contributed by atoms with E-state index in [-0.39, 0.29) is 6.10 Å². The van der Waals surface area contributed by atoms with Gasteiger partial charge in [0, 0.05) is 29.6 Å². The highest BCUT2D eigenvalue weighted by Gasteiger charge is 2.28. The first-order valence-electron chi connectivity index (χ1n) is 8.75. The van der Waals surface area contributed by atoms with Gasteiger partial charge in [-0.25, -0.2) is 0 Å². The molecule has 1 heterocycles. The van der Waals surface area contributed by atoms with Crippen LogP contribution in [0.3, 0.4) is 0 Å². The van der Waals surface area contributed by atoms with Gasteiger partial charge in [-0.15, -0.1) is 0 Å². The Balaban J connectivity index is 2.32. The van der Waals surface area contributed by atoms with E-state index in [1.54, 1.807) is 13.1 Å². The largest absolute Gasteiger partial charge is 0.491 e. The van der Waals surface area contributed by atoms with Gasteiger partial charge in [-0.3, -0.25) is 4.68 Å². The van der Waals surface area contributed by atoms with Crippen LogP contribution in [-0.2, 0) is 6.54 Å². The molecule has 1 aromatic carbocycles. The van der Waals surface area contributed by atoms with Crippen LogP contribution in [0, 0.1) is 6.92 Å². The van der Waals surface area contributed by atoms with E-state index < -0.39 is 18.2 Å². The quantitative estimate of drug-likeness (QED) is 0.684. The van der Waals surface area contributed by atoms with E-state index in [9.17, 15) is 10.2 Å². The molecule has 0 aliphatic rings. The van der Waals surface area contributed by atoms with E-state index in [0.717, 1.165) is 29.2 Å². The van der Waals surface area contributed by atoms with Crippen molar-refractivity contribution in [2.24, 2.45) is 0 Å². The Morgan fingerprint density at radius 3 is 2.52 bits per heavy atom. The summed E-state index contributed by atoms with van der Waals surface area (Å²) in [6.45, 7) is 10.3. The van der Waals surface area contributed by atoms with Crippen LogP contribution in [0.15, 0.2) is 30.5 Å². The molecule has 1 aromatic heterocycles. The average molecular weight is 347 g/mol. The van der Waals surface area contributed by atoms with Crippen LogP contribution in [0.4, 0.5) is 5.69 Å². The Hall–Kier alpha value is -2.05. The summed E-state index contributed by atoms with van der Waals surface area (Å²) in [7, 11) is 0. The zero-order chi connectivity index (χ0) is 18.6. The van der Waals surface area contributed by atoms with E-state index in [2.05, 4.69) is 10.4 Å². The Bertz CT molecular complexity index is 682. The Kier molecular flexibility index (Phi) is 6.45. The molecular weight excluding hydrogens is 318 g/mol. The predicted octanol–water partition coefficient (Wildman–Crippen LogP) is 2.89. The van der Waals surface area contributed by atoms with E-state index >= 15 is 0 Å². The molecule has 6 nitrogen and oxygen atoms in total. The topological polar surface area (TPSA) is 79.5 Å². The number of ether oxygens (including phenoxy) is 1. The molecule has 0 fully saturated rings. The summed E-state index contributed by atoms with van der Waals surface area (Å²) in [5.74, 6) is 0.756. The number of aromatic nitrogens is 2. The number of rotatable bonds is 8. The first-order chi connectivity index (χ1) is 11.8. The summed E-state index contributed by atoms with van der Waals surface area (Å²) >= 11 is 0. The third-order valence-electron chi connectivity index (χ3n) is 4.14. The Labute approximate surface area is 149 Å². The average Bonchev–Trinajstić information content (AvgIpc) is 2.92. The van der Waals surface area contributed by atoms with Crippen molar-refractivity contribution in [1.29, 1.82) is 0 Å². The molecule has 0 unspecified atom stereocenters. The standard InChI is InChI=1S/C19H29N3O3/c1-6-22-13(4)17(11-20-22)18(19(24)14(5)23)21-15-8-7-9-16(10-15)25-12(2)3/h7-12,14,18-19,21,23-24H,6H2,1-5H3/t14-,18+,19+/m0/s1. The normalized spacial score (nSPS) is 15.0. The van der Waals surface area contributed by atoms with Crippen LogP contribution in [-0.4, -0.2) is 38.3 Å². The van der Waals surface area contributed by atoms with Gasteiger partial charge < -0.3 is 20.3 Å². The lowest BCUT2D eigenvalue weighted by atomic mass is 9.98. The van der Waals surface area contributed by atoms with Crippen molar-refractivity contribution in [3.63, 3.8) is 0 Å². The van der Waals surface area contributed by atoms with Crippen molar-refractivity contribution in [3.05, 3.63) is 41.7 Å². The maximum atomic E-state index is 10.5. The molecular formula is C19H29N3O3. The summed E-state index contributed by atoms with van der Waals surface area (Å²) in [6, 6.07) is 7.12. The molecule has 0 saturated carbocycles. The molecule has 2 rings (SSSR count). The fourth-order valence-corrected chi connectivity index (χ4v) is 2.82. The van der Waals surface area contributed by atoms with E-state index in [4.69, 9.17) is 4.74 Å². The SMILES string of the molecule is CCn1ncc([C@@H](Nc2cccc(OC(C)C)c2)[C@H](O)[C@H](C)O)c1C. The predicted molar refractivity (Wildman–Crippen MR) is 98.9 cm³/mol. The second kappa shape index (κ2) is 8.36. The lowest BCUT2D eigenvalue weighted by molar-refractivity contribution is 0.0188. The van der Waals surface area contributed by atoms with Crippen LogP contribution in [0.25, 0.3) is 0 Å². The lowest BCUT2D eigenvalue weighted by Crippen LogP contribution is -2.34. The first kappa shape index (κ1) is 19.3. The summed E-state index contributed by atoms with van der Waals surface area (Å²) in [5.41, 5.74) is 2.64. The van der Waals surface area contributed by atoms with Gasteiger partial charge in [0.2, 0.25) is 0 Å². The minimum atomic E-state index is -0.970. The Morgan fingerprint density at radius 2 is 1.96 bits per heavy atom. The molecule has 2 aromatic rings. The van der Waals surface area contributed by atoms with Crippen molar-refractivity contribution in [1.82, 2.24) is 9.78 Å². The smallest absolute Gasteiger partial charge is 0.121 e. The molecule has 0 spiro atoms. The van der Waals surface area contributed by atoms with Gasteiger partial charge in [-0.1, -0.05) is 6.07 Å². The third-order valence-corrected chi connectivity index (χ3v) is 4.14. The molecule has 25 heavy (non-hydrogen) atoms. The number of benzene rings is 1. The van der Waals surface area contributed by atoms with Crippen molar-refractivity contribution in [3.8, 4) is 5.75 Å². The molecule has 3 atom stereocenters. The highest BCUT2D eigenvalue weighted by Crippen LogP contribution is 2.29. The third kappa shape index (κ3) is 4.74. The number of anilines is 1. The summed E-state index contributed by atoms with van der Waals surface area (Å²) < 4.78 is 7.60. The monoisotopic (exact) mass is 347 g/mol. The van der Waals surface area contributed by atoms with Crippen molar-refractivity contribution >= 4 is 5.69 Å². The van der Waals surface area contributed by atoms with Crippen LogP contribution in [0.1, 0.15) is 45.0 Å². The van der Waals surface area contributed by atoms with Crippen LogP contribution >= 0.6 is 0 Å². The van der Waals surface area contributed by atoms with Crippen LogP contribution in [0.5, 0.6) is 5.75 Å². The molecule has 138 valence electrons. The van der Waals surface area contributed by atoms with E-state index in [1.165, 1.54) is 0 Å². The van der Waals surface area contributed by atoms with Crippen LogP contribution < -0.4 is 10.1 Å². The number of aliphatic hydroxyl groups excluding tert-OH is 2. The molecule has 0 amide bonds. The van der Waals surface area contributed by atoms with Crippen molar-refractivity contribution in [2.45, 2.75) is 65.5 Å². The van der Waals surface area contributed by atoms with E-state index in [1.807, 2.05) is 56.6 Å². The summed E-state index contributed by atoms with van der Waals surface area (Å²) in [6.07, 6.45) is -0.0182. The molecule has 0 radical (unpaired) electrons. The number of hydrogen-bond acceptors (Lipinski definition) is 5. The molecule has 0 bridgehead atoms. The summed E-state index contributed by atoms with van der Waals surface area (Å²) in [4.78, 5) is 0. The molecule has 0 saturated heterocycles. The maximum Gasteiger partial charge on any atom is 0.121 e. The Morgan fingerprint density at radius 1 is 1.24 bits per heavy atom. The van der Waals surface area contributed by atoms with Gasteiger partial charge >= 0.3 is 0 Å². The number of aliphatic hydroxyl groups is 2. The summed E-state index contributed by atoms with van der Waals surface area (Å²) in [5, 5.41) is 28.1. The van der Waals surface area contributed by atoms with Crippen molar-refractivity contribution < 1.29 is 14.9 Å². The van der Waals surface area contributed by atoms with Gasteiger partial charge in [0.05, 0.1) is 24.4 Å². The second-order valence-corrected chi connectivity index (χ2v) is 6.55. The van der Waals surface area contributed by atoms with Gasteiger partial charge in [-0.2, -0.15) is 5.10 Å². The van der Waals surface area contributed by atoms with E-state index in [0.29, 0.717) is 0 Å². The molecule has 3 N–H and O–H groups in total. The highest BCUT2D eigenvalue weighted by atomic mass is 16.5. The minimum absolute atomic E-state index is 0.0825. The van der Waals surface area contributed by atoms with Crippen molar-refractivity contribution in [2.75, 3.05) is 5.32 Å². The number of hydrogen-bond donors (Lipinski definition) is 3. The molecule has 0 aliphatic heterocycles. The molecule has 6 heteroatoms. The molecule has 0 aliphatic carbocycles. The first-order valence-corrected chi connectivity index (χ1v) is 8.75. The zero-order valence-corrected chi connectivity index (χ0v) is 15.6. The number of nitrogens with one attached hydrogen (secondary N) is 1.